The smallest absolute Gasteiger partial charge is 0.0227 e. The van der Waals surface area contributed by atoms with E-state index in [0.717, 1.165) is 13.0 Å². The molecular weight excluding hydrogens is 268 g/mol. The van der Waals surface area contributed by atoms with Gasteiger partial charge in [-0.15, -0.1) is 0 Å². The van der Waals surface area contributed by atoms with Gasteiger partial charge in [0.15, 0.2) is 0 Å². The lowest BCUT2D eigenvalue weighted by molar-refractivity contribution is 0.402. The second kappa shape index (κ2) is 8.11. The Morgan fingerprint density at radius 2 is 1.68 bits per heavy atom. The van der Waals surface area contributed by atoms with E-state index in [9.17, 15) is 0 Å². The molecule has 2 nitrogen and oxygen atoms in total. The van der Waals surface area contributed by atoms with Crippen molar-refractivity contribution >= 4 is 0 Å². The van der Waals surface area contributed by atoms with Crippen LogP contribution in [0.3, 0.4) is 0 Å². The Morgan fingerprint density at radius 1 is 0.955 bits per heavy atom. The molecule has 0 aliphatic rings. The first-order chi connectivity index (χ1) is 10.6. The minimum atomic E-state index is 0.564. The maximum Gasteiger partial charge on any atom is 0.0227 e. The van der Waals surface area contributed by atoms with Crippen LogP contribution in [-0.2, 0) is 13.0 Å². The van der Waals surface area contributed by atoms with E-state index < -0.39 is 0 Å². The standard InChI is InChI=1S/C20H28N2/c1-16(21-2)8-9-17-6-5-7-20(14-17)19-12-10-18(11-13-19)15-22(3)4/h5-7,10-14,16,21H,8-9,15H2,1-4H3. The third-order valence-corrected chi connectivity index (χ3v) is 4.07. The summed E-state index contributed by atoms with van der Waals surface area (Å²) in [5.74, 6) is 0. The summed E-state index contributed by atoms with van der Waals surface area (Å²) in [7, 11) is 6.23. The molecule has 0 saturated carbocycles. The van der Waals surface area contributed by atoms with E-state index in [1.807, 2.05) is 7.05 Å². The highest BCUT2D eigenvalue weighted by molar-refractivity contribution is 5.64. The van der Waals surface area contributed by atoms with E-state index in [0.29, 0.717) is 6.04 Å². The molecule has 2 aromatic carbocycles. The molecule has 2 rings (SSSR count). The van der Waals surface area contributed by atoms with Crippen molar-refractivity contribution in [3.63, 3.8) is 0 Å². The monoisotopic (exact) mass is 296 g/mol. The molecule has 1 N–H and O–H groups in total. The Bertz CT molecular complexity index is 573. The van der Waals surface area contributed by atoms with Crippen molar-refractivity contribution in [3.05, 3.63) is 59.7 Å². The van der Waals surface area contributed by atoms with Crippen LogP contribution in [0, 0.1) is 0 Å². The van der Waals surface area contributed by atoms with E-state index in [4.69, 9.17) is 0 Å². The van der Waals surface area contributed by atoms with Gasteiger partial charge in [0.25, 0.3) is 0 Å². The van der Waals surface area contributed by atoms with E-state index in [2.05, 4.69) is 79.8 Å². The van der Waals surface area contributed by atoms with E-state index >= 15 is 0 Å². The van der Waals surface area contributed by atoms with Gasteiger partial charge in [-0.1, -0.05) is 48.5 Å². The van der Waals surface area contributed by atoms with Crippen molar-refractivity contribution in [2.45, 2.75) is 32.4 Å². The first-order valence-corrected chi connectivity index (χ1v) is 8.08. The van der Waals surface area contributed by atoms with Gasteiger partial charge < -0.3 is 10.2 Å². The maximum absolute atomic E-state index is 3.30. The third-order valence-electron chi connectivity index (χ3n) is 4.07. The number of rotatable bonds is 7. The van der Waals surface area contributed by atoms with Gasteiger partial charge in [0.05, 0.1) is 0 Å². The summed E-state index contributed by atoms with van der Waals surface area (Å²) in [5.41, 5.74) is 5.38. The molecule has 0 amide bonds. The van der Waals surface area contributed by atoms with Crippen molar-refractivity contribution < 1.29 is 0 Å². The van der Waals surface area contributed by atoms with E-state index in [1.165, 1.54) is 28.7 Å². The van der Waals surface area contributed by atoms with Crippen molar-refractivity contribution in [1.82, 2.24) is 10.2 Å². The summed E-state index contributed by atoms with van der Waals surface area (Å²) in [4.78, 5) is 2.19. The molecule has 22 heavy (non-hydrogen) atoms. The number of aryl methyl sites for hydroxylation is 1. The van der Waals surface area contributed by atoms with Crippen LogP contribution in [0.15, 0.2) is 48.5 Å². The molecule has 2 heteroatoms. The molecule has 2 aromatic rings. The summed E-state index contributed by atoms with van der Waals surface area (Å²) in [6.45, 7) is 3.22. The van der Waals surface area contributed by atoms with Crippen LogP contribution in [0.4, 0.5) is 0 Å². The highest BCUT2D eigenvalue weighted by Gasteiger charge is 2.03. The summed E-state index contributed by atoms with van der Waals surface area (Å²) >= 11 is 0. The molecule has 0 radical (unpaired) electrons. The van der Waals surface area contributed by atoms with Crippen molar-refractivity contribution in [2.75, 3.05) is 21.1 Å². The van der Waals surface area contributed by atoms with Gasteiger partial charge in [-0.2, -0.15) is 0 Å². The van der Waals surface area contributed by atoms with E-state index in [1.54, 1.807) is 0 Å². The molecular formula is C20H28N2. The summed E-state index contributed by atoms with van der Waals surface area (Å²) in [6.07, 6.45) is 2.29. The minimum absolute atomic E-state index is 0.564. The van der Waals surface area contributed by atoms with Crippen LogP contribution in [0.5, 0.6) is 0 Å². The van der Waals surface area contributed by atoms with Crippen molar-refractivity contribution in [2.24, 2.45) is 0 Å². The Morgan fingerprint density at radius 3 is 2.32 bits per heavy atom. The maximum atomic E-state index is 3.30. The molecule has 0 aliphatic heterocycles. The Hall–Kier alpha value is -1.64. The highest BCUT2D eigenvalue weighted by Crippen LogP contribution is 2.22. The van der Waals surface area contributed by atoms with Gasteiger partial charge in [-0.25, -0.2) is 0 Å². The fourth-order valence-electron chi connectivity index (χ4n) is 2.60. The SMILES string of the molecule is CNC(C)CCc1cccc(-c2ccc(CN(C)C)cc2)c1. The topological polar surface area (TPSA) is 15.3 Å². The zero-order valence-electron chi connectivity index (χ0n) is 14.3. The largest absolute Gasteiger partial charge is 0.317 e. The van der Waals surface area contributed by atoms with Gasteiger partial charge in [-0.3, -0.25) is 0 Å². The van der Waals surface area contributed by atoms with Crippen LogP contribution in [-0.4, -0.2) is 32.1 Å². The van der Waals surface area contributed by atoms with E-state index in [-0.39, 0.29) is 0 Å². The molecule has 0 bridgehead atoms. The predicted molar refractivity (Wildman–Crippen MR) is 96.1 cm³/mol. The summed E-state index contributed by atoms with van der Waals surface area (Å²) in [5, 5.41) is 3.30. The van der Waals surface area contributed by atoms with Gasteiger partial charge in [-0.05, 0) is 63.2 Å². The molecule has 0 spiro atoms. The number of hydrogen-bond donors (Lipinski definition) is 1. The summed E-state index contributed by atoms with van der Waals surface area (Å²) < 4.78 is 0. The third kappa shape index (κ3) is 4.97. The summed E-state index contributed by atoms with van der Waals surface area (Å²) in [6, 6.07) is 18.4. The lowest BCUT2D eigenvalue weighted by Gasteiger charge is -2.12. The molecule has 0 fully saturated rings. The fraction of sp³-hybridized carbons (Fsp3) is 0.400. The number of nitrogens with one attached hydrogen (secondary N) is 1. The molecule has 0 saturated heterocycles. The lowest BCUT2D eigenvalue weighted by atomic mass is 9.99. The van der Waals surface area contributed by atoms with Crippen LogP contribution in [0.1, 0.15) is 24.5 Å². The second-order valence-electron chi connectivity index (χ2n) is 6.36. The van der Waals surface area contributed by atoms with Crippen LogP contribution < -0.4 is 5.32 Å². The minimum Gasteiger partial charge on any atom is -0.317 e. The number of nitrogens with zero attached hydrogens (tertiary/aromatic N) is 1. The van der Waals surface area contributed by atoms with Gasteiger partial charge in [0, 0.05) is 12.6 Å². The first kappa shape index (κ1) is 16.7. The molecule has 0 heterocycles. The van der Waals surface area contributed by atoms with Gasteiger partial charge in [0.2, 0.25) is 0 Å². The number of benzene rings is 2. The molecule has 1 atom stereocenters. The second-order valence-corrected chi connectivity index (χ2v) is 6.36. The van der Waals surface area contributed by atoms with Gasteiger partial charge >= 0.3 is 0 Å². The Labute approximate surface area is 135 Å². The zero-order chi connectivity index (χ0) is 15.9. The average Bonchev–Trinajstić information content (AvgIpc) is 2.53. The van der Waals surface area contributed by atoms with Crippen molar-refractivity contribution in [3.8, 4) is 11.1 Å². The van der Waals surface area contributed by atoms with Gasteiger partial charge in [0.1, 0.15) is 0 Å². The zero-order valence-corrected chi connectivity index (χ0v) is 14.3. The molecule has 1 unspecified atom stereocenters. The van der Waals surface area contributed by atoms with Crippen molar-refractivity contribution in [1.29, 1.82) is 0 Å². The quantitative estimate of drug-likeness (QED) is 0.832. The van der Waals surface area contributed by atoms with Crippen LogP contribution in [0.25, 0.3) is 11.1 Å². The Kier molecular flexibility index (Phi) is 6.17. The normalized spacial score (nSPS) is 12.6. The average molecular weight is 296 g/mol. The Balaban J connectivity index is 2.08. The predicted octanol–water partition coefficient (Wildman–Crippen LogP) is 3.96. The number of hydrogen-bond acceptors (Lipinski definition) is 2. The lowest BCUT2D eigenvalue weighted by Crippen LogP contribution is -2.21. The first-order valence-electron chi connectivity index (χ1n) is 8.08. The fourth-order valence-corrected chi connectivity index (χ4v) is 2.60. The molecule has 118 valence electrons. The molecule has 0 aliphatic carbocycles. The van der Waals surface area contributed by atoms with Crippen LogP contribution in [0.2, 0.25) is 0 Å². The highest BCUT2D eigenvalue weighted by atomic mass is 15.0. The molecule has 0 aromatic heterocycles. The van der Waals surface area contributed by atoms with Crippen LogP contribution >= 0.6 is 0 Å².